The average molecular weight is 164 g/mol. The molecule has 0 amide bonds. The lowest BCUT2D eigenvalue weighted by molar-refractivity contribution is 0.429. The second-order valence-corrected chi connectivity index (χ2v) is 3.48. The zero-order chi connectivity index (χ0) is 9.45. The van der Waals surface area contributed by atoms with Crippen molar-refractivity contribution in [1.29, 1.82) is 5.26 Å². The Kier molecular flexibility index (Phi) is 5.17. The fraction of sp³-hybridized carbons (Fsp3) is 0.700. The van der Waals surface area contributed by atoms with Crippen molar-refractivity contribution in [3.63, 3.8) is 0 Å². The summed E-state index contributed by atoms with van der Waals surface area (Å²) in [5, 5.41) is 11.8. The molecule has 0 rings (SSSR count). The van der Waals surface area contributed by atoms with Crippen molar-refractivity contribution in [2.75, 3.05) is 13.1 Å². The Hall–Kier alpha value is -0.990. The van der Waals surface area contributed by atoms with E-state index in [9.17, 15) is 0 Å². The standard InChI is InChI=1S/C10H16N2/c1-4-7-12-8-5-6-10(2,3)9-11/h1,12H,5-8H2,2-3H3. The summed E-state index contributed by atoms with van der Waals surface area (Å²) in [6.45, 7) is 5.42. The summed E-state index contributed by atoms with van der Waals surface area (Å²) in [6.07, 6.45) is 6.98. The van der Waals surface area contributed by atoms with Gasteiger partial charge in [-0.3, -0.25) is 0 Å². The number of hydrogen-bond donors (Lipinski definition) is 1. The van der Waals surface area contributed by atoms with E-state index in [1.54, 1.807) is 0 Å². The lowest BCUT2D eigenvalue weighted by Gasteiger charge is -2.13. The van der Waals surface area contributed by atoms with Gasteiger partial charge in [0.2, 0.25) is 0 Å². The van der Waals surface area contributed by atoms with Crippen LogP contribution in [0.3, 0.4) is 0 Å². The number of hydrogen-bond acceptors (Lipinski definition) is 2. The molecule has 66 valence electrons. The molecular formula is C10H16N2. The Balaban J connectivity index is 3.34. The van der Waals surface area contributed by atoms with E-state index in [1.165, 1.54) is 0 Å². The highest BCUT2D eigenvalue weighted by molar-refractivity contribution is 4.91. The van der Waals surface area contributed by atoms with Crippen LogP contribution in [0.1, 0.15) is 26.7 Å². The zero-order valence-corrected chi connectivity index (χ0v) is 7.85. The summed E-state index contributed by atoms with van der Waals surface area (Å²) < 4.78 is 0. The number of rotatable bonds is 5. The first-order valence-electron chi connectivity index (χ1n) is 4.18. The maximum Gasteiger partial charge on any atom is 0.0683 e. The fourth-order valence-corrected chi connectivity index (χ4v) is 0.872. The van der Waals surface area contributed by atoms with Crippen molar-refractivity contribution in [2.24, 2.45) is 5.41 Å². The summed E-state index contributed by atoms with van der Waals surface area (Å²) in [5.41, 5.74) is -0.197. The molecule has 0 spiro atoms. The largest absolute Gasteiger partial charge is 0.306 e. The molecule has 12 heavy (non-hydrogen) atoms. The molecule has 0 aliphatic carbocycles. The predicted octanol–water partition coefficient (Wildman–Crippen LogP) is 1.54. The van der Waals surface area contributed by atoms with E-state index in [1.807, 2.05) is 13.8 Å². The molecule has 2 nitrogen and oxygen atoms in total. The van der Waals surface area contributed by atoms with Crippen LogP contribution < -0.4 is 5.32 Å². The molecule has 0 heterocycles. The summed E-state index contributed by atoms with van der Waals surface area (Å²) in [6, 6.07) is 2.26. The van der Waals surface area contributed by atoms with Crippen molar-refractivity contribution < 1.29 is 0 Å². The van der Waals surface area contributed by atoms with Gasteiger partial charge in [-0.25, -0.2) is 0 Å². The van der Waals surface area contributed by atoms with Crippen molar-refractivity contribution in [2.45, 2.75) is 26.7 Å². The van der Waals surface area contributed by atoms with Gasteiger partial charge in [0.05, 0.1) is 18.0 Å². The Morgan fingerprint density at radius 1 is 1.50 bits per heavy atom. The van der Waals surface area contributed by atoms with Crippen LogP contribution >= 0.6 is 0 Å². The number of nitrogens with one attached hydrogen (secondary N) is 1. The lowest BCUT2D eigenvalue weighted by atomic mass is 9.90. The van der Waals surface area contributed by atoms with Gasteiger partial charge in [0.15, 0.2) is 0 Å². The van der Waals surface area contributed by atoms with Gasteiger partial charge in [-0.2, -0.15) is 5.26 Å². The summed E-state index contributed by atoms with van der Waals surface area (Å²) in [5.74, 6) is 2.50. The van der Waals surface area contributed by atoms with E-state index in [4.69, 9.17) is 11.7 Å². The van der Waals surface area contributed by atoms with Gasteiger partial charge in [0.1, 0.15) is 0 Å². The van der Waals surface area contributed by atoms with Crippen molar-refractivity contribution in [1.82, 2.24) is 5.32 Å². The molecule has 0 saturated carbocycles. The van der Waals surface area contributed by atoms with Crippen LogP contribution in [0.15, 0.2) is 0 Å². The Morgan fingerprint density at radius 2 is 2.17 bits per heavy atom. The molecule has 1 N–H and O–H groups in total. The molecule has 0 saturated heterocycles. The van der Waals surface area contributed by atoms with Crippen LogP contribution in [0.25, 0.3) is 0 Å². The molecule has 0 aromatic rings. The molecule has 0 bridgehead atoms. The second kappa shape index (κ2) is 5.63. The second-order valence-electron chi connectivity index (χ2n) is 3.48. The average Bonchev–Trinajstić information content (AvgIpc) is 2.04. The summed E-state index contributed by atoms with van der Waals surface area (Å²) in [7, 11) is 0. The molecule has 0 aliphatic heterocycles. The van der Waals surface area contributed by atoms with Gasteiger partial charge in [-0.15, -0.1) is 6.42 Å². The monoisotopic (exact) mass is 164 g/mol. The quantitative estimate of drug-likeness (QED) is 0.494. The first-order valence-corrected chi connectivity index (χ1v) is 4.18. The Labute approximate surface area is 75.0 Å². The predicted molar refractivity (Wildman–Crippen MR) is 50.3 cm³/mol. The fourth-order valence-electron chi connectivity index (χ4n) is 0.872. The van der Waals surface area contributed by atoms with Gasteiger partial charge in [-0.05, 0) is 33.2 Å². The molecule has 0 aromatic carbocycles. The maximum absolute atomic E-state index is 8.69. The molecule has 0 unspecified atom stereocenters. The maximum atomic E-state index is 8.69. The Morgan fingerprint density at radius 3 is 2.67 bits per heavy atom. The minimum absolute atomic E-state index is 0.197. The van der Waals surface area contributed by atoms with E-state index < -0.39 is 0 Å². The van der Waals surface area contributed by atoms with Crippen molar-refractivity contribution in [3.8, 4) is 18.4 Å². The minimum Gasteiger partial charge on any atom is -0.306 e. The van der Waals surface area contributed by atoms with E-state index >= 15 is 0 Å². The normalized spacial score (nSPS) is 10.3. The first kappa shape index (κ1) is 11.0. The Bertz CT molecular complexity index is 193. The number of nitrogens with zero attached hydrogens (tertiary/aromatic N) is 1. The molecule has 0 fully saturated rings. The highest BCUT2D eigenvalue weighted by Gasteiger charge is 2.14. The third-order valence-corrected chi connectivity index (χ3v) is 1.69. The first-order chi connectivity index (χ1) is 5.62. The highest BCUT2D eigenvalue weighted by atomic mass is 14.8. The topological polar surface area (TPSA) is 35.8 Å². The van der Waals surface area contributed by atoms with Gasteiger partial charge < -0.3 is 5.32 Å². The van der Waals surface area contributed by atoms with Crippen LogP contribution in [0, 0.1) is 29.1 Å². The molecular weight excluding hydrogens is 148 g/mol. The van der Waals surface area contributed by atoms with Crippen molar-refractivity contribution >= 4 is 0 Å². The molecule has 2 heteroatoms. The molecule has 0 radical (unpaired) electrons. The van der Waals surface area contributed by atoms with Gasteiger partial charge >= 0.3 is 0 Å². The van der Waals surface area contributed by atoms with E-state index in [-0.39, 0.29) is 5.41 Å². The minimum atomic E-state index is -0.197. The number of nitriles is 1. The van der Waals surface area contributed by atoms with Crippen LogP contribution in [-0.2, 0) is 0 Å². The lowest BCUT2D eigenvalue weighted by Crippen LogP contribution is -2.18. The van der Waals surface area contributed by atoms with Gasteiger partial charge in [0.25, 0.3) is 0 Å². The smallest absolute Gasteiger partial charge is 0.0683 e. The summed E-state index contributed by atoms with van der Waals surface area (Å²) in [4.78, 5) is 0. The van der Waals surface area contributed by atoms with E-state index in [0.717, 1.165) is 19.4 Å². The van der Waals surface area contributed by atoms with E-state index in [0.29, 0.717) is 6.54 Å². The van der Waals surface area contributed by atoms with Crippen LogP contribution in [0.5, 0.6) is 0 Å². The molecule has 0 atom stereocenters. The molecule has 0 aliphatic rings. The van der Waals surface area contributed by atoms with Crippen LogP contribution in [0.2, 0.25) is 0 Å². The highest BCUT2D eigenvalue weighted by Crippen LogP contribution is 2.19. The third kappa shape index (κ3) is 5.77. The SMILES string of the molecule is C#CCNCCCC(C)(C)C#N. The van der Waals surface area contributed by atoms with Gasteiger partial charge in [-0.1, -0.05) is 5.92 Å². The zero-order valence-electron chi connectivity index (χ0n) is 7.85. The van der Waals surface area contributed by atoms with E-state index in [2.05, 4.69) is 17.3 Å². The third-order valence-electron chi connectivity index (χ3n) is 1.69. The van der Waals surface area contributed by atoms with Crippen molar-refractivity contribution in [3.05, 3.63) is 0 Å². The molecule has 0 aromatic heterocycles. The van der Waals surface area contributed by atoms with Crippen LogP contribution in [0.4, 0.5) is 0 Å². The number of terminal acetylenes is 1. The van der Waals surface area contributed by atoms with Crippen LogP contribution in [-0.4, -0.2) is 13.1 Å². The summed E-state index contributed by atoms with van der Waals surface area (Å²) >= 11 is 0. The van der Waals surface area contributed by atoms with Gasteiger partial charge in [0, 0.05) is 0 Å².